The predicted octanol–water partition coefficient (Wildman–Crippen LogP) is 2.81. The Balaban J connectivity index is 3.98. The summed E-state index contributed by atoms with van der Waals surface area (Å²) < 4.78 is 0. The van der Waals surface area contributed by atoms with Gasteiger partial charge in [-0.25, -0.2) is 0 Å². The van der Waals surface area contributed by atoms with E-state index in [2.05, 4.69) is 46.9 Å². The fraction of sp³-hybridized carbons (Fsp3) is 1.00. The Kier molecular flexibility index (Phi) is 4.09. The SMILES string of the molecule is CC[C@@H](C)C(C)(C)NC(C)C. The second-order valence-electron chi connectivity index (χ2n) is 4.33. The maximum absolute atomic E-state index is 3.57. The monoisotopic (exact) mass is 157 g/mol. The molecule has 0 aliphatic carbocycles. The largest absolute Gasteiger partial charge is 0.309 e. The summed E-state index contributed by atoms with van der Waals surface area (Å²) in [5, 5.41) is 3.57. The first-order valence-electron chi connectivity index (χ1n) is 4.67. The van der Waals surface area contributed by atoms with E-state index >= 15 is 0 Å². The van der Waals surface area contributed by atoms with Crippen LogP contribution in [0.25, 0.3) is 0 Å². The highest BCUT2D eigenvalue weighted by Crippen LogP contribution is 2.19. The van der Waals surface area contributed by atoms with Crippen LogP contribution in [0.1, 0.15) is 48.0 Å². The minimum absolute atomic E-state index is 0.281. The van der Waals surface area contributed by atoms with Crippen LogP contribution < -0.4 is 5.32 Å². The van der Waals surface area contributed by atoms with Crippen molar-refractivity contribution in [1.29, 1.82) is 0 Å². The standard InChI is InChI=1S/C10H23N/c1-7-9(4)10(5,6)11-8(2)3/h8-9,11H,7H2,1-6H3/t9-/m1/s1. The first-order valence-corrected chi connectivity index (χ1v) is 4.67. The lowest BCUT2D eigenvalue weighted by Gasteiger charge is -2.34. The summed E-state index contributed by atoms with van der Waals surface area (Å²) in [5.41, 5.74) is 0.281. The molecule has 0 heterocycles. The van der Waals surface area contributed by atoms with Crippen molar-refractivity contribution < 1.29 is 0 Å². The van der Waals surface area contributed by atoms with Gasteiger partial charge in [-0.05, 0) is 19.8 Å². The predicted molar refractivity (Wildman–Crippen MR) is 51.8 cm³/mol. The third-order valence-corrected chi connectivity index (χ3v) is 2.51. The van der Waals surface area contributed by atoms with Gasteiger partial charge in [0, 0.05) is 11.6 Å². The highest BCUT2D eigenvalue weighted by atomic mass is 15.0. The van der Waals surface area contributed by atoms with E-state index in [1.165, 1.54) is 6.42 Å². The lowest BCUT2D eigenvalue weighted by Crippen LogP contribution is -2.48. The topological polar surface area (TPSA) is 12.0 Å². The summed E-state index contributed by atoms with van der Waals surface area (Å²) in [5.74, 6) is 0.741. The molecular formula is C10H23N. The van der Waals surface area contributed by atoms with Gasteiger partial charge in [0.25, 0.3) is 0 Å². The highest BCUT2D eigenvalue weighted by molar-refractivity contribution is 4.83. The average molecular weight is 157 g/mol. The van der Waals surface area contributed by atoms with Crippen LogP contribution in [0.3, 0.4) is 0 Å². The number of rotatable bonds is 4. The van der Waals surface area contributed by atoms with Crippen molar-refractivity contribution in [3.8, 4) is 0 Å². The first kappa shape index (κ1) is 11.0. The van der Waals surface area contributed by atoms with Crippen LogP contribution in [0, 0.1) is 5.92 Å². The van der Waals surface area contributed by atoms with Crippen LogP contribution in [-0.4, -0.2) is 11.6 Å². The fourth-order valence-electron chi connectivity index (χ4n) is 1.40. The molecule has 68 valence electrons. The number of hydrogen-bond acceptors (Lipinski definition) is 1. The van der Waals surface area contributed by atoms with Gasteiger partial charge in [0.1, 0.15) is 0 Å². The van der Waals surface area contributed by atoms with E-state index in [-0.39, 0.29) is 5.54 Å². The van der Waals surface area contributed by atoms with E-state index in [9.17, 15) is 0 Å². The molecule has 0 saturated carbocycles. The van der Waals surface area contributed by atoms with E-state index in [1.807, 2.05) is 0 Å². The molecule has 0 saturated heterocycles. The van der Waals surface area contributed by atoms with E-state index < -0.39 is 0 Å². The molecule has 0 fully saturated rings. The molecule has 0 aliphatic rings. The van der Waals surface area contributed by atoms with Gasteiger partial charge in [0.2, 0.25) is 0 Å². The summed E-state index contributed by atoms with van der Waals surface area (Å²) in [6.45, 7) is 13.5. The van der Waals surface area contributed by atoms with Crippen LogP contribution in [0.5, 0.6) is 0 Å². The maximum atomic E-state index is 3.57. The van der Waals surface area contributed by atoms with Gasteiger partial charge >= 0.3 is 0 Å². The smallest absolute Gasteiger partial charge is 0.0152 e. The zero-order valence-corrected chi connectivity index (χ0v) is 8.86. The molecule has 0 aromatic heterocycles. The van der Waals surface area contributed by atoms with Gasteiger partial charge in [-0.3, -0.25) is 0 Å². The Morgan fingerprint density at radius 1 is 1.18 bits per heavy atom. The summed E-state index contributed by atoms with van der Waals surface area (Å²) >= 11 is 0. The van der Waals surface area contributed by atoms with Crippen molar-refractivity contribution in [2.75, 3.05) is 0 Å². The van der Waals surface area contributed by atoms with Crippen LogP contribution in [-0.2, 0) is 0 Å². The van der Waals surface area contributed by atoms with Crippen molar-refractivity contribution in [3.05, 3.63) is 0 Å². The molecule has 0 radical (unpaired) electrons. The summed E-state index contributed by atoms with van der Waals surface area (Å²) in [6, 6.07) is 0.582. The lowest BCUT2D eigenvalue weighted by atomic mass is 9.86. The van der Waals surface area contributed by atoms with Crippen molar-refractivity contribution in [3.63, 3.8) is 0 Å². The molecule has 0 aliphatic heterocycles. The summed E-state index contributed by atoms with van der Waals surface area (Å²) in [7, 11) is 0. The number of hydrogen-bond donors (Lipinski definition) is 1. The Morgan fingerprint density at radius 2 is 1.64 bits per heavy atom. The third kappa shape index (κ3) is 3.76. The number of nitrogens with one attached hydrogen (secondary N) is 1. The molecule has 0 amide bonds. The molecule has 1 N–H and O–H groups in total. The zero-order chi connectivity index (χ0) is 9.07. The lowest BCUT2D eigenvalue weighted by molar-refractivity contribution is 0.245. The third-order valence-electron chi connectivity index (χ3n) is 2.51. The highest BCUT2D eigenvalue weighted by Gasteiger charge is 2.24. The Labute approximate surface area is 71.6 Å². The Hall–Kier alpha value is -0.0400. The second-order valence-corrected chi connectivity index (χ2v) is 4.33. The average Bonchev–Trinajstić information content (AvgIpc) is 1.83. The fourth-order valence-corrected chi connectivity index (χ4v) is 1.40. The summed E-state index contributed by atoms with van der Waals surface area (Å²) in [4.78, 5) is 0. The molecule has 0 aromatic carbocycles. The van der Waals surface area contributed by atoms with E-state index in [4.69, 9.17) is 0 Å². The molecule has 0 spiro atoms. The van der Waals surface area contributed by atoms with E-state index in [0.717, 1.165) is 5.92 Å². The quantitative estimate of drug-likeness (QED) is 0.661. The first-order chi connectivity index (χ1) is 4.90. The van der Waals surface area contributed by atoms with Crippen molar-refractivity contribution in [2.24, 2.45) is 5.92 Å². The minimum Gasteiger partial charge on any atom is -0.309 e. The molecule has 1 nitrogen and oxygen atoms in total. The van der Waals surface area contributed by atoms with Crippen LogP contribution >= 0.6 is 0 Å². The molecule has 1 atom stereocenters. The summed E-state index contributed by atoms with van der Waals surface area (Å²) in [6.07, 6.45) is 1.24. The van der Waals surface area contributed by atoms with Crippen molar-refractivity contribution in [1.82, 2.24) is 5.32 Å². The van der Waals surface area contributed by atoms with Gasteiger partial charge < -0.3 is 5.32 Å². The molecule has 0 bridgehead atoms. The Bertz CT molecular complexity index is 105. The van der Waals surface area contributed by atoms with E-state index in [0.29, 0.717) is 6.04 Å². The molecule has 11 heavy (non-hydrogen) atoms. The van der Waals surface area contributed by atoms with Gasteiger partial charge in [-0.15, -0.1) is 0 Å². The van der Waals surface area contributed by atoms with Gasteiger partial charge in [-0.2, -0.15) is 0 Å². The molecule has 0 aromatic rings. The van der Waals surface area contributed by atoms with Crippen LogP contribution in [0.4, 0.5) is 0 Å². The molecule has 0 rings (SSSR count). The van der Waals surface area contributed by atoms with Gasteiger partial charge in [0.05, 0.1) is 0 Å². The maximum Gasteiger partial charge on any atom is 0.0152 e. The van der Waals surface area contributed by atoms with Crippen LogP contribution in [0.2, 0.25) is 0 Å². The van der Waals surface area contributed by atoms with E-state index in [1.54, 1.807) is 0 Å². The van der Waals surface area contributed by atoms with Crippen LogP contribution in [0.15, 0.2) is 0 Å². The minimum atomic E-state index is 0.281. The van der Waals surface area contributed by atoms with Crippen molar-refractivity contribution >= 4 is 0 Å². The normalized spacial score (nSPS) is 15.5. The molecular weight excluding hydrogens is 134 g/mol. The van der Waals surface area contributed by atoms with Crippen molar-refractivity contribution in [2.45, 2.75) is 59.5 Å². The van der Waals surface area contributed by atoms with Gasteiger partial charge in [-0.1, -0.05) is 34.1 Å². The second kappa shape index (κ2) is 4.10. The molecule has 1 heteroatoms. The molecule has 0 unspecified atom stereocenters. The zero-order valence-electron chi connectivity index (χ0n) is 8.86. The van der Waals surface area contributed by atoms with Gasteiger partial charge in [0.15, 0.2) is 0 Å². The Morgan fingerprint density at radius 3 is 1.91 bits per heavy atom.